The Kier molecular flexibility index (Phi) is 3.39. The van der Waals surface area contributed by atoms with Gasteiger partial charge in [0.15, 0.2) is 0 Å². The smallest absolute Gasteiger partial charge is 0.227 e. The molecule has 0 aliphatic heterocycles. The van der Waals surface area contributed by atoms with Crippen molar-refractivity contribution in [1.29, 1.82) is 0 Å². The fraction of sp³-hybridized carbons (Fsp3) is 0.538. The maximum Gasteiger partial charge on any atom is 0.227 e. The summed E-state index contributed by atoms with van der Waals surface area (Å²) in [5.74, 6) is 1.31. The van der Waals surface area contributed by atoms with Crippen LogP contribution in [0.5, 0.6) is 5.88 Å². The van der Waals surface area contributed by atoms with Gasteiger partial charge in [-0.25, -0.2) is 4.98 Å². The Labute approximate surface area is 115 Å². The highest BCUT2D eigenvalue weighted by atomic mass is 35.5. The molecule has 5 heteroatoms. The van der Waals surface area contributed by atoms with Gasteiger partial charge in [0.1, 0.15) is 4.83 Å². The highest BCUT2D eigenvalue weighted by molar-refractivity contribution is 7.18. The number of hydrogen-bond acceptors (Lipinski definition) is 4. The van der Waals surface area contributed by atoms with Crippen LogP contribution in [0, 0.1) is 12.8 Å². The Bertz CT molecular complexity index is 563. The lowest BCUT2D eigenvalue weighted by Crippen LogP contribution is -2.09. The van der Waals surface area contributed by atoms with E-state index in [1.165, 1.54) is 30.6 Å². The van der Waals surface area contributed by atoms with Crippen molar-refractivity contribution in [3.05, 3.63) is 16.2 Å². The first kappa shape index (κ1) is 12.2. The molecule has 2 aromatic heterocycles. The lowest BCUT2D eigenvalue weighted by Gasteiger charge is -2.11. The van der Waals surface area contributed by atoms with E-state index in [1.54, 1.807) is 11.3 Å². The molecule has 0 bridgehead atoms. The van der Waals surface area contributed by atoms with Crippen molar-refractivity contribution in [2.45, 2.75) is 32.6 Å². The summed E-state index contributed by atoms with van der Waals surface area (Å²) < 4.78 is 5.87. The molecule has 3 rings (SSSR count). The molecule has 0 radical (unpaired) electrons. The fourth-order valence-corrected chi connectivity index (χ4v) is 3.56. The predicted octanol–water partition coefficient (Wildman–Crippen LogP) is 4.22. The molecule has 0 amide bonds. The van der Waals surface area contributed by atoms with Gasteiger partial charge in [-0.15, -0.1) is 11.3 Å². The largest absolute Gasteiger partial charge is 0.477 e. The number of thiophene rings is 1. The monoisotopic (exact) mass is 282 g/mol. The normalized spacial score (nSPS) is 16.6. The highest BCUT2D eigenvalue weighted by Gasteiger charge is 2.17. The molecule has 0 aromatic carbocycles. The van der Waals surface area contributed by atoms with Crippen LogP contribution in [-0.4, -0.2) is 16.6 Å². The van der Waals surface area contributed by atoms with Crippen LogP contribution in [0.25, 0.3) is 10.2 Å². The number of ether oxygens (including phenoxy) is 1. The van der Waals surface area contributed by atoms with Gasteiger partial charge in [0.2, 0.25) is 11.2 Å². The number of fused-ring (bicyclic) bond motifs is 1. The zero-order valence-electron chi connectivity index (χ0n) is 10.3. The minimum absolute atomic E-state index is 0.269. The quantitative estimate of drug-likeness (QED) is 0.791. The van der Waals surface area contributed by atoms with Gasteiger partial charge in [-0.05, 0) is 43.4 Å². The molecule has 96 valence electrons. The van der Waals surface area contributed by atoms with Crippen molar-refractivity contribution in [3.8, 4) is 5.88 Å². The SMILES string of the molecule is Cc1cc2c(OCC3CCCC3)nc(Cl)nc2s1. The minimum Gasteiger partial charge on any atom is -0.477 e. The van der Waals surface area contributed by atoms with Gasteiger partial charge in [-0.2, -0.15) is 4.98 Å². The molecule has 0 atom stereocenters. The van der Waals surface area contributed by atoms with Gasteiger partial charge in [0.25, 0.3) is 0 Å². The summed E-state index contributed by atoms with van der Waals surface area (Å²) in [5.41, 5.74) is 0. The molecule has 18 heavy (non-hydrogen) atoms. The molecule has 0 N–H and O–H groups in total. The minimum atomic E-state index is 0.269. The van der Waals surface area contributed by atoms with E-state index in [1.807, 2.05) is 0 Å². The van der Waals surface area contributed by atoms with Crippen LogP contribution < -0.4 is 4.74 Å². The Morgan fingerprint density at radius 1 is 1.39 bits per heavy atom. The van der Waals surface area contributed by atoms with E-state index in [4.69, 9.17) is 16.3 Å². The maximum atomic E-state index is 5.93. The second-order valence-corrected chi connectivity index (χ2v) is 6.41. The molecular weight excluding hydrogens is 268 g/mol. The zero-order valence-corrected chi connectivity index (χ0v) is 11.9. The molecule has 0 saturated heterocycles. The summed E-state index contributed by atoms with van der Waals surface area (Å²) in [7, 11) is 0. The van der Waals surface area contributed by atoms with Crippen LogP contribution in [0.3, 0.4) is 0 Å². The van der Waals surface area contributed by atoms with Crippen LogP contribution in [0.1, 0.15) is 30.6 Å². The van der Waals surface area contributed by atoms with Gasteiger partial charge in [-0.1, -0.05) is 12.8 Å². The van der Waals surface area contributed by atoms with E-state index in [-0.39, 0.29) is 5.28 Å². The number of aromatic nitrogens is 2. The summed E-state index contributed by atoms with van der Waals surface area (Å²) in [6, 6.07) is 2.07. The van der Waals surface area contributed by atoms with Gasteiger partial charge in [-0.3, -0.25) is 0 Å². The molecule has 3 nitrogen and oxygen atoms in total. The average molecular weight is 283 g/mol. The number of nitrogens with zero attached hydrogens (tertiary/aromatic N) is 2. The third kappa shape index (κ3) is 2.45. The summed E-state index contributed by atoms with van der Waals surface area (Å²) in [5, 5.41) is 1.26. The predicted molar refractivity (Wildman–Crippen MR) is 74.6 cm³/mol. The van der Waals surface area contributed by atoms with Crippen LogP contribution in [0.2, 0.25) is 5.28 Å². The van der Waals surface area contributed by atoms with Crippen molar-refractivity contribution < 1.29 is 4.74 Å². The number of halogens is 1. The van der Waals surface area contributed by atoms with Gasteiger partial charge in [0, 0.05) is 4.88 Å². The number of aryl methyl sites for hydroxylation is 1. The van der Waals surface area contributed by atoms with E-state index >= 15 is 0 Å². The third-order valence-corrected chi connectivity index (χ3v) is 4.50. The first-order chi connectivity index (χ1) is 8.72. The molecule has 0 spiro atoms. The van der Waals surface area contributed by atoms with E-state index < -0.39 is 0 Å². The van der Waals surface area contributed by atoms with Gasteiger partial charge < -0.3 is 4.74 Å². The molecular formula is C13H15ClN2OS. The first-order valence-electron chi connectivity index (χ1n) is 6.29. The van der Waals surface area contributed by atoms with E-state index in [0.717, 1.165) is 16.8 Å². The van der Waals surface area contributed by atoms with E-state index in [2.05, 4.69) is 23.0 Å². The Balaban J connectivity index is 1.85. The molecule has 2 heterocycles. The summed E-state index contributed by atoms with van der Waals surface area (Å²) in [6.45, 7) is 2.80. The van der Waals surface area contributed by atoms with Crippen LogP contribution in [0.4, 0.5) is 0 Å². The number of hydrogen-bond donors (Lipinski definition) is 0. The molecule has 1 aliphatic carbocycles. The third-order valence-electron chi connectivity index (χ3n) is 3.38. The standard InChI is InChI=1S/C13H15ClN2OS/c1-8-6-10-11(15-13(14)16-12(10)18-8)17-7-9-4-2-3-5-9/h6,9H,2-5,7H2,1H3. The second kappa shape index (κ2) is 5.02. The van der Waals surface area contributed by atoms with Crippen molar-refractivity contribution in [2.75, 3.05) is 6.61 Å². The molecule has 1 saturated carbocycles. The van der Waals surface area contributed by atoms with Crippen molar-refractivity contribution in [3.63, 3.8) is 0 Å². The van der Waals surface area contributed by atoms with E-state index in [0.29, 0.717) is 11.8 Å². The first-order valence-corrected chi connectivity index (χ1v) is 7.48. The lowest BCUT2D eigenvalue weighted by molar-refractivity contribution is 0.246. The van der Waals surface area contributed by atoms with Gasteiger partial charge in [0.05, 0.1) is 12.0 Å². The Morgan fingerprint density at radius 3 is 2.94 bits per heavy atom. The maximum absolute atomic E-state index is 5.93. The topological polar surface area (TPSA) is 35.0 Å². The van der Waals surface area contributed by atoms with E-state index in [9.17, 15) is 0 Å². The molecule has 1 fully saturated rings. The highest BCUT2D eigenvalue weighted by Crippen LogP contribution is 2.32. The van der Waals surface area contributed by atoms with Crippen LogP contribution in [0.15, 0.2) is 6.07 Å². The Morgan fingerprint density at radius 2 is 2.17 bits per heavy atom. The lowest BCUT2D eigenvalue weighted by atomic mass is 10.1. The van der Waals surface area contributed by atoms with Crippen molar-refractivity contribution in [2.24, 2.45) is 5.92 Å². The average Bonchev–Trinajstić information content (AvgIpc) is 2.93. The zero-order chi connectivity index (χ0) is 12.5. The Hall–Kier alpha value is -0.870. The molecule has 1 aliphatic rings. The molecule has 2 aromatic rings. The summed E-state index contributed by atoms with van der Waals surface area (Å²) in [4.78, 5) is 10.6. The van der Waals surface area contributed by atoms with Gasteiger partial charge >= 0.3 is 0 Å². The second-order valence-electron chi connectivity index (χ2n) is 4.84. The summed E-state index contributed by atoms with van der Waals surface area (Å²) in [6.07, 6.45) is 5.19. The van der Waals surface area contributed by atoms with Crippen molar-refractivity contribution in [1.82, 2.24) is 9.97 Å². The fourth-order valence-electron chi connectivity index (χ4n) is 2.47. The molecule has 0 unspecified atom stereocenters. The van der Waals surface area contributed by atoms with Crippen LogP contribution in [-0.2, 0) is 0 Å². The summed E-state index contributed by atoms with van der Waals surface area (Å²) >= 11 is 7.56. The van der Waals surface area contributed by atoms with Crippen molar-refractivity contribution >= 4 is 33.2 Å². The van der Waals surface area contributed by atoms with Crippen LogP contribution >= 0.6 is 22.9 Å². The number of rotatable bonds is 3.